The number of carbonyl (C=O) groups is 1. The van der Waals surface area contributed by atoms with E-state index in [2.05, 4.69) is 0 Å². The Morgan fingerprint density at radius 1 is 1.06 bits per heavy atom. The van der Waals surface area contributed by atoms with Gasteiger partial charge in [0, 0.05) is 27.2 Å². The Labute approximate surface area is 100.0 Å². The van der Waals surface area contributed by atoms with Gasteiger partial charge in [-0.2, -0.15) is 0 Å². The van der Waals surface area contributed by atoms with Gasteiger partial charge in [-0.05, 0) is 52.0 Å². The number of allylic oxidation sites excluding steroid dienone is 2. The molecule has 2 aliphatic heterocycles. The predicted octanol–water partition coefficient (Wildman–Crippen LogP) is 2.60. The highest BCUT2D eigenvalue weighted by molar-refractivity contribution is 7.86. The van der Waals surface area contributed by atoms with E-state index < -0.39 is 10.8 Å². The summed E-state index contributed by atoms with van der Waals surface area (Å²) in [6.45, 7) is 5.90. The standard InChI is InChI=1S/C13H20O2S/c1-8(2)9(3)13(14)10-6-11-4-5-12(7-10)16(11)15/h10-12H,4-7H2,1-3H3. The monoisotopic (exact) mass is 240 g/mol. The Hall–Kier alpha value is -0.440. The third kappa shape index (κ3) is 2.02. The molecule has 2 nitrogen and oxygen atoms in total. The number of ketones is 1. The first-order valence-corrected chi connectivity index (χ1v) is 7.36. The fourth-order valence-corrected chi connectivity index (χ4v) is 4.92. The van der Waals surface area contributed by atoms with Crippen LogP contribution in [0.2, 0.25) is 0 Å². The Kier molecular flexibility index (Phi) is 3.34. The maximum Gasteiger partial charge on any atom is 0.161 e. The zero-order valence-electron chi connectivity index (χ0n) is 10.3. The Morgan fingerprint density at radius 2 is 1.56 bits per heavy atom. The molecular weight excluding hydrogens is 220 g/mol. The van der Waals surface area contributed by atoms with Crippen molar-refractivity contribution in [3.63, 3.8) is 0 Å². The van der Waals surface area contributed by atoms with Crippen molar-refractivity contribution >= 4 is 16.6 Å². The van der Waals surface area contributed by atoms with Crippen molar-refractivity contribution in [1.82, 2.24) is 0 Å². The maximum atomic E-state index is 12.2. The van der Waals surface area contributed by atoms with Crippen LogP contribution in [-0.2, 0) is 15.6 Å². The van der Waals surface area contributed by atoms with Gasteiger partial charge in [0.2, 0.25) is 0 Å². The van der Waals surface area contributed by atoms with Crippen LogP contribution in [0.1, 0.15) is 46.5 Å². The van der Waals surface area contributed by atoms with Crippen molar-refractivity contribution in [1.29, 1.82) is 0 Å². The Balaban J connectivity index is 2.12. The summed E-state index contributed by atoms with van der Waals surface area (Å²) in [6.07, 6.45) is 3.84. The van der Waals surface area contributed by atoms with Crippen molar-refractivity contribution in [3.05, 3.63) is 11.1 Å². The van der Waals surface area contributed by atoms with Gasteiger partial charge in [-0.25, -0.2) is 0 Å². The number of rotatable bonds is 2. The lowest BCUT2D eigenvalue weighted by molar-refractivity contribution is -0.119. The van der Waals surface area contributed by atoms with E-state index in [-0.39, 0.29) is 5.92 Å². The van der Waals surface area contributed by atoms with Crippen LogP contribution >= 0.6 is 0 Å². The molecule has 0 amide bonds. The summed E-state index contributed by atoms with van der Waals surface area (Å²) in [6, 6.07) is 0. The molecule has 0 aromatic rings. The minimum atomic E-state index is -0.648. The van der Waals surface area contributed by atoms with E-state index >= 15 is 0 Å². The highest BCUT2D eigenvalue weighted by Crippen LogP contribution is 2.39. The molecule has 2 atom stereocenters. The van der Waals surface area contributed by atoms with Crippen molar-refractivity contribution in [2.45, 2.75) is 57.0 Å². The van der Waals surface area contributed by atoms with Gasteiger partial charge in [-0.15, -0.1) is 0 Å². The predicted molar refractivity (Wildman–Crippen MR) is 66.7 cm³/mol. The van der Waals surface area contributed by atoms with Crippen LogP contribution < -0.4 is 0 Å². The average molecular weight is 240 g/mol. The molecule has 0 saturated carbocycles. The van der Waals surface area contributed by atoms with Gasteiger partial charge in [0.1, 0.15) is 0 Å². The first kappa shape index (κ1) is 12.0. The largest absolute Gasteiger partial charge is 0.294 e. The quantitative estimate of drug-likeness (QED) is 0.695. The molecule has 2 heterocycles. The summed E-state index contributed by atoms with van der Waals surface area (Å²) >= 11 is 0. The van der Waals surface area contributed by atoms with E-state index in [4.69, 9.17) is 0 Å². The second-order valence-corrected chi connectivity index (χ2v) is 7.30. The smallest absolute Gasteiger partial charge is 0.161 e. The summed E-state index contributed by atoms with van der Waals surface area (Å²) in [5, 5.41) is 0.607. The highest BCUT2D eigenvalue weighted by atomic mass is 32.2. The molecule has 0 aliphatic carbocycles. The van der Waals surface area contributed by atoms with Gasteiger partial charge in [0.15, 0.2) is 5.78 Å². The lowest BCUT2D eigenvalue weighted by Gasteiger charge is -2.26. The molecule has 90 valence electrons. The third-order valence-corrected chi connectivity index (χ3v) is 6.22. The van der Waals surface area contributed by atoms with Crippen LogP contribution in [0.25, 0.3) is 0 Å². The first-order chi connectivity index (χ1) is 7.50. The molecule has 2 bridgehead atoms. The van der Waals surface area contributed by atoms with Crippen molar-refractivity contribution < 1.29 is 9.00 Å². The number of hydrogen-bond donors (Lipinski definition) is 0. The molecule has 16 heavy (non-hydrogen) atoms. The first-order valence-electron chi connectivity index (χ1n) is 6.08. The van der Waals surface area contributed by atoms with Gasteiger partial charge in [-0.3, -0.25) is 9.00 Å². The average Bonchev–Trinajstić information content (AvgIpc) is 2.51. The number of fused-ring (bicyclic) bond motifs is 2. The van der Waals surface area contributed by atoms with Crippen LogP contribution in [0.4, 0.5) is 0 Å². The summed E-state index contributed by atoms with van der Waals surface area (Å²) in [4.78, 5) is 12.2. The molecule has 0 aromatic carbocycles. The van der Waals surface area contributed by atoms with E-state index in [1.807, 2.05) is 20.8 Å². The molecule has 0 N–H and O–H groups in total. The molecule has 2 unspecified atom stereocenters. The second kappa shape index (κ2) is 4.44. The summed E-state index contributed by atoms with van der Waals surface area (Å²) in [5.74, 6) is 0.443. The molecule has 2 aliphatic rings. The van der Waals surface area contributed by atoms with Crippen LogP contribution in [0, 0.1) is 5.92 Å². The zero-order chi connectivity index (χ0) is 11.9. The van der Waals surface area contributed by atoms with Gasteiger partial charge in [-0.1, -0.05) is 5.57 Å². The molecule has 0 aromatic heterocycles. The van der Waals surface area contributed by atoms with Gasteiger partial charge in [0.25, 0.3) is 0 Å². The van der Waals surface area contributed by atoms with E-state index in [1.165, 1.54) is 0 Å². The molecular formula is C13H20O2S. The number of carbonyl (C=O) groups excluding carboxylic acids is 1. The fraction of sp³-hybridized carbons (Fsp3) is 0.769. The van der Waals surface area contributed by atoms with E-state index in [0.29, 0.717) is 16.3 Å². The SMILES string of the molecule is CC(C)=C(C)C(=O)C1CC2CCC(C1)S2=O. The third-order valence-electron chi connectivity index (χ3n) is 4.05. The summed E-state index contributed by atoms with van der Waals surface area (Å²) in [5.41, 5.74) is 2.03. The minimum absolute atomic E-state index is 0.144. The lowest BCUT2D eigenvalue weighted by atomic mass is 9.89. The van der Waals surface area contributed by atoms with Crippen molar-refractivity contribution in [2.75, 3.05) is 0 Å². The lowest BCUT2D eigenvalue weighted by Crippen LogP contribution is -2.32. The second-order valence-electron chi connectivity index (χ2n) is 5.31. The number of hydrogen-bond acceptors (Lipinski definition) is 2. The van der Waals surface area contributed by atoms with E-state index in [9.17, 15) is 9.00 Å². The molecule has 3 heteroatoms. The van der Waals surface area contributed by atoms with Crippen LogP contribution in [0.3, 0.4) is 0 Å². The fourth-order valence-electron chi connectivity index (χ4n) is 2.80. The van der Waals surface area contributed by atoms with Gasteiger partial charge < -0.3 is 0 Å². The molecule has 0 radical (unpaired) electrons. The topological polar surface area (TPSA) is 34.1 Å². The molecule has 2 fully saturated rings. The maximum absolute atomic E-state index is 12.2. The molecule has 2 saturated heterocycles. The number of Topliss-reactive ketones (excluding diaryl/α,β-unsaturated/α-hetero) is 1. The van der Waals surface area contributed by atoms with E-state index in [1.54, 1.807) is 0 Å². The van der Waals surface area contributed by atoms with Crippen LogP contribution in [-0.4, -0.2) is 20.5 Å². The highest BCUT2D eigenvalue weighted by Gasteiger charge is 2.42. The minimum Gasteiger partial charge on any atom is -0.294 e. The summed E-state index contributed by atoms with van der Waals surface area (Å²) < 4.78 is 11.8. The van der Waals surface area contributed by atoms with Crippen LogP contribution in [0.15, 0.2) is 11.1 Å². The van der Waals surface area contributed by atoms with E-state index in [0.717, 1.165) is 36.8 Å². The zero-order valence-corrected chi connectivity index (χ0v) is 11.1. The Morgan fingerprint density at radius 3 is 2.00 bits per heavy atom. The molecule has 0 spiro atoms. The van der Waals surface area contributed by atoms with Crippen LogP contribution in [0.5, 0.6) is 0 Å². The summed E-state index contributed by atoms with van der Waals surface area (Å²) in [7, 11) is -0.648. The van der Waals surface area contributed by atoms with Crippen molar-refractivity contribution in [3.8, 4) is 0 Å². The van der Waals surface area contributed by atoms with Gasteiger partial charge in [0.05, 0.1) is 0 Å². The van der Waals surface area contributed by atoms with Gasteiger partial charge >= 0.3 is 0 Å². The van der Waals surface area contributed by atoms with Crippen molar-refractivity contribution in [2.24, 2.45) is 5.92 Å². The Bertz CT molecular complexity index is 350. The molecule has 2 rings (SSSR count). The normalized spacial score (nSPS) is 37.2.